The Hall–Kier alpha value is -7.30. The van der Waals surface area contributed by atoms with Gasteiger partial charge in [-0.2, -0.15) is 0 Å². The Kier molecular flexibility index (Phi) is 8.62. The number of thiophene rings is 2. The highest BCUT2D eigenvalue weighted by Gasteiger charge is 2.16. The van der Waals surface area contributed by atoms with Crippen LogP contribution in [0.2, 0.25) is 0 Å². The Morgan fingerprint density at radius 3 is 1.48 bits per heavy atom. The summed E-state index contributed by atoms with van der Waals surface area (Å²) in [4.78, 5) is 2.37. The summed E-state index contributed by atoms with van der Waals surface area (Å²) in [5.41, 5.74) is 13.1. The summed E-state index contributed by atoms with van der Waals surface area (Å²) in [6.45, 7) is 0. The van der Waals surface area contributed by atoms with Gasteiger partial charge in [-0.1, -0.05) is 158 Å². The second kappa shape index (κ2) is 14.8. The standard InChI is InChI=1S/C58H37NS2/c1-2-14-48-40(10-1)11-8-17-49(48)44-13-7-12-42(36-44)38-22-29-45(30-23-38)59(46-31-24-39(25-32-46)43-28-35-52-51-15-3-5-19-54(51)61-57(52)37-43)47-33-26-41(27-34-47)50-18-9-21-56-58(50)53-16-4-6-20-55(53)60-56/h1-37H. The van der Waals surface area contributed by atoms with E-state index in [1.54, 1.807) is 0 Å². The highest BCUT2D eigenvalue weighted by atomic mass is 32.1. The fourth-order valence-corrected chi connectivity index (χ4v) is 11.4. The van der Waals surface area contributed by atoms with Crippen LogP contribution in [0.25, 0.3) is 95.6 Å². The lowest BCUT2D eigenvalue weighted by molar-refractivity contribution is 1.28. The maximum absolute atomic E-state index is 2.37. The van der Waals surface area contributed by atoms with Crippen LogP contribution in [0.5, 0.6) is 0 Å². The molecule has 0 aliphatic heterocycles. The lowest BCUT2D eigenvalue weighted by Gasteiger charge is -2.26. The van der Waals surface area contributed by atoms with Crippen molar-refractivity contribution in [1.29, 1.82) is 0 Å². The zero-order valence-corrected chi connectivity index (χ0v) is 34.8. The number of hydrogen-bond acceptors (Lipinski definition) is 3. The molecule has 0 spiro atoms. The predicted octanol–water partition coefficient (Wildman–Crippen LogP) is 17.7. The minimum absolute atomic E-state index is 1.10. The van der Waals surface area contributed by atoms with Crippen molar-refractivity contribution in [2.45, 2.75) is 0 Å². The normalized spacial score (nSPS) is 11.6. The Bertz CT molecular complexity index is 3570. The summed E-state index contributed by atoms with van der Waals surface area (Å²) in [6, 6.07) is 82.4. The highest BCUT2D eigenvalue weighted by molar-refractivity contribution is 7.26. The fourth-order valence-electron chi connectivity index (χ4n) is 9.11. The molecule has 0 radical (unpaired) electrons. The predicted molar refractivity (Wildman–Crippen MR) is 266 cm³/mol. The molecule has 0 bridgehead atoms. The van der Waals surface area contributed by atoms with Gasteiger partial charge in [-0.15, -0.1) is 22.7 Å². The molecule has 0 N–H and O–H groups in total. The molecule has 1 nitrogen and oxygen atoms in total. The third-order valence-electron chi connectivity index (χ3n) is 12.1. The monoisotopic (exact) mass is 811 g/mol. The fraction of sp³-hybridized carbons (Fsp3) is 0. The molecule has 10 aromatic carbocycles. The summed E-state index contributed by atoms with van der Waals surface area (Å²) in [6.07, 6.45) is 0. The third kappa shape index (κ3) is 6.29. The zero-order chi connectivity index (χ0) is 40.3. The van der Waals surface area contributed by atoms with Crippen molar-refractivity contribution >= 4 is 90.9 Å². The molecule has 2 heterocycles. The van der Waals surface area contributed by atoms with Gasteiger partial charge in [-0.3, -0.25) is 0 Å². The number of benzene rings is 10. The SMILES string of the molecule is c1cc(-c2ccc(N(c3ccc(-c4ccc5c(c4)sc4ccccc45)cc3)c3ccc(-c4cccc5sc6ccccc6c45)cc3)cc2)cc(-c2cccc3ccccc23)c1. The van der Waals surface area contributed by atoms with Gasteiger partial charge in [0.15, 0.2) is 0 Å². The summed E-state index contributed by atoms with van der Waals surface area (Å²) >= 11 is 3.73. The molecule has 3 heteroatoms. The van der Waals surface area contributed by atoms with Crippen molar-refractivity contribution in [2.24, 2.45) is 0 Å². The Morgan fingerprint density at radius 2 is 0.738 bits per heavy atom. The van der Waals surface area contributed by atoms with Crippen LogP contribution in [-0.2, 0) is 0 Å². The van der Waals surface area contributed by atoms with Gasteiger partial charge in [0.25, 0.3) is 0 Å². The van der Waals surface area contributed by atoms with E-state index >= 15 is 0 Å². The molecule has 0 aliphatic carbocycles. The molecule has 0 fully saturated rings. The van der Waals surface area contributed by atoms with Crippen LogP contribution in [0.3, 0.4) is 0 Å². The van der Waals surface area contributed by atoms with E-state index < -0.39 is 0 Å². The molecule has 12 rings (SSSR count). The minimum atomic E-state index is 1.10. The number of hydrogen-bond donors (Lipinski definition) is 0. The van der Waals surface area contributed by atoms with Gasteiger partial charge >= 0.3 is 0 Å². The summed E-state index contributed by atoms with van der Waals surface area (Å²) in [7, 11) is 0. The second-order valence-electron chi connectivity index (χ2n) is 15.7. The molecule has 0 saturated heterocycles. The van der Waals surface area contributed by atoms with Gasteiger partial charge in [-0.25, -0.2) is 0 Å². The molecule has 61 heavy (non-hydrogen) atoms. The molecular formula is C58H37NS2. The average molecular weight is 812 g/mol. The zero-order valence-electron chi connectivity index (χ0n) is 33.1. The van der Waals surface area contributed by atoms with E-state index in [2.05, 4.69) is 229 Å². The smallest absolute Gasteiger partial charge is 0.0462 e. The first-order valence-electron chi connectivity index (χ1n) is 20.7. The van der Waals surface area contributed by atoms with Crippen LogP contribution >= 0.6 is 22.7 Å². The van der Waals surface area contributed by atoms with E-state index in [1.165, 1.54) is 95.6 Å². The molecule has 0 aliphatic rings. The van der Waals surface area contributed by atoms with E-state index in [0.29, 0.717) is 0 Å². The Labute approximate surface area is 362 Å². The van der Waals surface area contributed by atoms with Crippen molar-refractivity contribution in [2.75, 3.05) is 4.90 Å². The van der Waals surface area contributed by atoms with Gasteiger partial charge in [0.05, 0.1) is 0 Å². The largest absolute Gasteiger partial charge is 0.311 e. The topological polar surface area (TPSA) is 3.24 Å². The molecular weight excluding hydrogens is 775 g/mol. The number of fused-ring (bicyclic) bond motifs is 7. The lowest BCUT2D eigenvalue weighted by atomic mass is 9.95. The van der Waals surface area contributed by atoms with Gasteiger partial charge in [0, 0.05) is 57.4 Å². The average Bonchev–Trinajstić information content (AvgIpc) is 3.90. The molecule has 0 amide bonds. The van der Waals surface area contributed by atoms with Gasteiger partial charge < -0.3 is 4.90 Å². The van der Waals surface area contributed by atoms with E-state index in [9.17, 15) is 0 Å². The molecule has 0 atom stereocenters. The second-order valence-corrected chi connectivity index (χ2v) is 17.8. The van der Waals surface area contributed by atoms with Crippen molar-refractivity contribution in [3.63, 3.8) is 0 Å². The van der Waals surface area contributed by atoms with Crippen molar-refractivity contribution in [3.8, 4) is 44.5 Å². The van der Waals surface area contributed by atoms with E-state index in [0.717, 1.165) is 17.1 Å². The summed E-state index contributed by atoms with van der Waals surface area (Å²) in [5, 5.41) is 7.82. The van der Waals surface area contributed by atoms with Crippen LogP contribution in [-0.4, -0.2) is 0 Å². The van der Waals surface area contributed by atoms with Gasteiger partial charge in [0.1, 0.15) is 0 Å². The highest BCUT2D eigenvalue weighted by Crippen LogP contribution is 2.43. The Morgan fingerprint density at radius 1 is 0.262 bits per heavy atom. The number of rotatable bonds is 7. The van der Waals surface area contributed by atoms with Crippen LogP contribution in [0.1, 0.15) is 0 Å². The van der Waals surface area contributed by atoms with E-state index in [1.807, 2.05) is 22.7 Å². The van der Waals surface area contributed by atoms with Crippen LogP contribution < -0.4 is 4.90 Å². The van der Waals surface area contributed by atoms with Crippen LogP contribution in [0.4, 0.5) is 17.1 Å². The first-order chi connectivity index (χ1) is 30.2. The minimum Gasteiger partial charge on any atom is -0.311 e. The molecule has 2 aromatic heterocycles. The first kappa shape index (κ1) is 35.6. The van der Waals surface area contributed by atoms with Crippen LogP contribution in [0, 0.1) is 0 Å². The van der Waals surface area contributed by atoms with E-state index in [-0.39, 0.29) is 0 Å². The van der Waals surface area contributed by atoms with Crippen molar-refractivity contribution in [3.05, 3.63) is 224 Å². The summed E-state index contributed by atoms with van der Waals surface area (Å²) in [5.74, 6) is 0. The Balaban J connectivity index is 0.922. The molecule has 286 valence electrons. The number of nitrogens with zero attached hydrogens (tertiary/aromatic N) is 1. The maximum atomic E-state index is 2.37. The first-order valence-corrected chi connectivity index (χ1v) is 22.4. The van der Waals surface area contributed by atoms with Crippen molar-refractivity contribution < 1.29 is 0 Å². The quantitative estimate of drug-likeness (QED) is 0.155. The molecule has 0 saturated carbocycles. The maximum Gasteiger partial charge on any atom is 0.0462 e. The van der Waals surface area contributed by atoms with E-state index in [4.69, 9.17) is 0 Å². The van der Waals surface area contributed by atoms with Crippen molar-refractivity contribution in [1.82, 2.24) is 0 Å². The molecule has 0 unspecified atom stereocenters. The molecule has 12 aromatic rings. The van der Waals surface area contributed by atoms with Crippen LogP contribution in [0.15, 0.2) is 224 Å². The third-order valence-corrected chi connectivity index (χ3v) is 14.4. The summed E-state index contributed by atoms with van der Waals surface area (Å²) < 4.78 is 5.29. The van der Waals surface area contributed by atoms with Gasteiger partial charge in [0.2, 0.25) is 0 Å². The van der Waals surface area contributed by atoms with Gasteiger partial charge in [-0.05, 0) is 122 Å². The number of anilines is 3. The lowest BCUT2D eigenvalue weighted by Crippen LogP contribution is -2.09.